The maximum absolute atomic E-state index is 11.4. The summed E-state index contributed by atoms with van der Waals surface area (Å²) in [6, 6.07) is 1.70. The summed E-state index contributed by atoms with van der Waals surface area (Å²) in [4.78, 5) is 22.8. The van der Waals surface area contributed by atoms with Gasteiger partial charge in [0.1, 0.15) is 0 Å². The number of aromatic amines is 2. The maximum Gasteiger partial charge on any atom is 0.354 e. The fraction of sp³-hybridized carbons (Fsp3) is 0. The minimum absolute atomic E-state index is 0.116. The van der Waals surface area contributed by atoms with Gasteiger partial charge in [0, 0.05) is 14.7 Å². The summed E-state index contributed by atoms with van der Waals surface area (Å²) in [5, 5.41) is 15.2. The Labute approximate surface area is 95.9 Å². The van der Waals surface area contributed by atoms with Gasteiger partial charge in [0.15, 0.2) is 5.69 Å². The molecule has 0 aliphatic heterocycles. The average Bonchev–Trinajstić information content (AvgIpc) is 2.71. The van der Waals surface area contributed by atoms with Crippen LogP contribution in [0.1, 0.15) is 10.5 Å². The molecule has 0 saturated heterocycles. The molecule has 2 rings (SSSR count). The van der Waals surface area contributed by atoms with Crippen molar-refractivity contribution < 1.29 is 9.90 Å². The first kappa shape index (κ1) is 10.2. The molecule has 0 bridgehead atoms. The molecule has 0 fully saturated rings. The normalized spacial score (nSPS) is 10.5. The molecule has 0 unspecified atom stereocenters. The van der Waals surface area contributed by atoms with Gasteiger partial charge >= 0.3 is 5.97 Å². The van der Waals surface area contributed by atoms with E-state index in [9.17, 15) is 9.59 Å². The number of carbonyl (C=O) groups is 1. The zero-order chi connectivity index (χ0) is 11.0. The number of carboxylic acids is 1. The van der Waals surface area contributed by atoms with Gasteiger partial charge in [-0.25, -0.2) is 4.79 Å². The van der Waals surface area contributed by atoms with Gasteiger partial charge in [-0.3, -0.25) is 15.0 Å². The minimum Gasteiger partial charge on any atom is -0.477 e. The Hall–Kier alpha value is -1.34. The number of thiophene rings is 1. The van der Waals surface area contributed by atoms with Crippen LogP contribution in [0.5, 0.6) is 0 Å². The first-order chi connectivity index (χ1) is 7.09. The van der Waals surface area contributed by atoms with Gasteiger partial charge in [-0.05, 0) is 22.0 Å². The zero-order valence-corrected chi connectivity index (χ0v) is 9.61. The fourth-order valence-electron chi connectivity index (χ4n) is 1.20. The molecular formula is C8H5BrN2O3S. The number of carboxylic acid groups (broad SMARTS) is 1. The maximum atomic E-state index is 11.4. The third kappa shape index (κ3) is 1.75. The number of hydrogen-bond donors (Lipinski definition) is 3. The van der Waals surface area contributed by atoms with Crippen molar-refractivity contribution in [2.75, 3.05) is 0 Å². The highest BCUT2D eigenvalue weighted by molar-refractivity contribution is 9.10. The lowest BCUT2D eigenvalue weighted by Gasteiger charge is -1.92. The molecule has 0 radical (unpaired) electrons. The van der Waals surface area contributed by atoms with Crippen LogP contribution in [0.2, 0.25) is 0 Å². The van der Waals surface area contributed by atoms with Gasteiger partial charge in [-0.1, -0.05) is 0 Å². The Morgan fingerprint density at radius 3 is 2.73 bits per heavy atom. The summed E-state index contributed by atoms with van der Waals surface area (Å²) in [5.74, 6) is -1.16. The highest BCUT2D eigenvalue weighted by atomic mass is 79.9. The van der Waals surface area contributed by atoms with Crippen LogP contribution in [0.3, 0.4) is 0 Å². The topological polar surface area (TPSA) is 85.9 Å². The number of rotatable bonds is 2. The standard InChI is InChI=1S/C8H5BrN2O3S/c9-3-1-4(15-2-3)5-6(8(13)14)10-11-7(5)12/h1-2H,(H,13,14)(H2,10,11,12). The van der Waals surface area contributed by atoms with E-state index in [1.807, 2.05) is 0 Å². The van der Waals surface area contributed by atoms with E-state index < -0.39 is 11.5 Å². The van der Waals surface area contributed by atoms with Gasteiger partial charge in [-0.2, -0.15) is 0 Å². The highest BCUT2D eigenvalue weighted by Crippen LogP contribution is 2.29. The van der Waals surface area contributed by atoms with Crippen LogP contribution < -0.4 is 5.56 Å². The number of nitrogens with one attached hydrogen (secondary N) is 2. The highest BCUT2D eigenvalue weighted by Gasteiger charge is 2.18. The van der Waals surface area contributed by atoms with Crippen LogP contribution >= 0.6 is 27.3 Å². The Balaban J connectivity index is 2.66. The third-order valence-corrected chi connectivity index (χ3v) is 3.51. The van der Waals surface area contributed by atoms with Crippen molar-refractivity contribution in [3.05, 3.63) is 32.0 Å². The molecule has 0 aromatic carbocycles. The second-order valence-corrected chi connectivity index (χ2v) is 4.59. The molecule has 3 N–H and O–H groups in total. The van der Waals surface area contributed by atoms with Crippen LogP contribution in [-0.2, 0) is 0 Å². The molecule has 78 valence electrons. The molecule has 2 aromatic rings. The number of aromatic carboxylic acids is 1. The van der Waals surface area contributed by atoms with Gasteiger partial charge in [0.25, 0.3) is 5.56 Å². The first-order valence-electron chi connectivity index (χ1n) is 3.88. The van der Waals surface area contributed by atoms with Gasteiger partial charge in [0.05, 0.1) is 5.56 Å². The zero-order valence-electron chi connectivity index (χ0n) is 7.20. The summed E-state index contributed by atoms with van der Waals surface area (Å²) < 4.78 is 0.819. The SMILES string of the molecule is O=C(O)c1[nH][nH]c(=O)c1-c1cc(Br)cs1. The van der Waals surface area contributed by atoms with Crippen molar-refractivity contribution in [3.63, 3.8) is 0 Å². The van der Waals surface area contributed by atoms with Crippen molar-refractivity contribution in [2.45, 2.75) is 0 Å². The van der Waals surface area contributed by atoms with Crippen molar-refractivity contribution in [3.8, 4) is 10.4 Å². The number of aromatic nitrogens is 2. The van der Waals surface area contributed by atoms with E-state index in [0.29, 0.717) is 4.88 Å². The predicted octanol–water partition coefficient (Wildman–Crippen LogP) is 1.89. The van der Waals surface area contributed by atoms with Crippen LogP contribution in [0.4, 0.5) is 0 Å². The second-order valence-electron chi connectivity index (χ2n) is 2.76. The van der Waals surface area contributed by atoms with Gasteiger partial charge in [0.2, 0.25) is 0 Å². The van der Waals surface area contributed by atoms with E-state index in [1.165, 1.54) is 11.3 Å². The monoisotopic (exact) mass is 288 g/mol. The second kappa shape index (κ2) is 3.67. The minimum atomic E-state index is -1.16. The molecule has 2 aromatic heterocycles. The van der Waals surface area contributed by atoms with E-state index in [4.69, 9.17) is 5.11 Å². The molecule has 0 atom stereocenters. The van der Waals surface area contributed by atoms with Crippen LogP contribution in [-0.4, -0.2) is 21.3 Å². The third-order valence-electron chi connectivity index (χ3n) is 1.81. The van der Waals surface area contributed by atoms with E-state index in [2.05, 4.69) is 26.1 Å². The Morgan fingerprint density at radius 1 is 1.47 bits per heavy atom. The summed E-state index contributed by atoms with van der Waals surface area (Å²) in [7, 11) is 0. The lowest BCUT2D eigenvalue weighted by molar-refractivity contribution is 0.0691. The van der Waals surface area contributed by atoms with E-state index in [-0.39, 0.29) is 11.3 Å². The quantitative estimate of drug-likeness (QED) is 0.789. The molecule has 7 heteroatoms. The Morgan fingerprint density at radius 2 is 2.20 bits per heavy atom. The number of halogens is 1. The molecule has 0 saturated carbocycles. The van der Waals surface area contributed by atoms with Gasteiger partial charge in [-0.15, -0.1) is 11.3 Å². The van der Waals surface area contributed by atoms with Crippen molar-refractivity contribution in [1.29, 1.82) is 0 Å². The van der Waals surface area contributed by atoms with Crippen molar-refractivity contribution >= 4 is 33.2 Å². The first-order valence-corrected chi connectivity index (χ1v) is 5.55. The molecule has 2 heterocycles. The van der Waals surface area contributed by atoms with Crippen molar-refractivity contribution in [2.24, 2.45) is 0 Å². The van der Waals surface area contributed by atoms with Crippen LogP contribution in [0, 0.1) is 0 Å². The average molecular weight is 289 g/mol. The Bertz CT molecular complexity index is 568. The molecule has 0 aliphatic rings. The van der Waals surface area contributed by atoms with Crippen LogP contribution in [0.25, 0.3) is 10.4 Å². The summed E-state index contributed by atoms with van der Waals surface area (Å²) in [5.41, 5.74) is -0.380. The van der Waals surface area contributed by atoms with Crippen LogP contribution in [0.15, 0.2) is 20.7 Å². The molecule has 15 heavy (non-hydrogen) atoms. The Kier molecular flexibility index (Phi) is 2.49. The summed E-state index contributed by atoms with van der Waals surface area (Å²) >= 11 is 4.55. The van der Waals surface area contributed by atoms with E-state index in [1.54, 1.807) is 11.4 Å². The summed E-state index contributed by atoms with van der Waals surface area (Å²) in [6.07, 6.45) is 0. The van der Waals surface area contributed by atoms with Crippen molar-refractivity contribution in [1.82, 2.24) is 10.2 Å². The van der Waals surface area contributed by atoms with Gasteiger partial charge < -0.3 is 5.11 Å². The molecule has 5 nitrogen and oxygen atoms in total. The summed E-state index contributed by atoms with van der Waals surface area (Å²) in [6.45, 7) is 0. The molecular weight excluding hydrogens is 284 g/mol. The molecule has 0 amide bonds. The van der Waals surface area contributed by atoms with E-state index >= 15 is 0 Å². The number of hydrogen-bond acceptors (Lipinski definition) is 3. The molecule has 0 aliphatic carbocycles. The number of H-pyrrole nitrogens is 2. The lowest BCUT2D eigenvalue weighted by Crippen LogP contribution is -2.03. The lowest BCUT2D eigenvalue weighted by atomic mass is 10.2. The van der Waals surface area contributed by atoms with E-state index in [0.717, 1.165) is 4.47 Å². The predicted molar refractivity (Wildman–Crippen MR) is 59.4 cm³/mol. The fourth-order valence-corrected chi connectivity index (χ4v) is 2.67. The molecule has 0 spiro atoms. The largest absolute Gasteiger partial charge is 0.477 e. The smallest absolute Gasteiger partial charge is 0.354 e.